The molecule has 3 rings (SSSR count). The Hall–Kier alpha value is -2.69. The molecule has 20 heavy (non-hydrogen) atoms. The number of rotatable bonds is 3. The van der Waals surface area contributed by atoms with Crippen LogP contribution in [0.2, 0.25) is 0 Å². The average Bonchev–Trinajstić information content (AvgIpc) is 2.85. The fraction of sp³-hybridized carbons (Fsp3) is 0.133. The van der Waals surface area contributed by atoms with Gasteiger partial charge in [-0.15, -0.1) is 0 Å². The molecular weight excluding hydrogens is 252 g/mol. The molecule has 0 aliphatic rings. The molecule has 0 aliphatic carbocycles. The van der Waals surface area contributed by atoms with Gasteiger partial charge >= 0.3 is 0 Å². The SMILES string of the molecule is CN(C)c1cc(-c2c(C=O)nc3ccccn23)ccn1. The van der Waals surface area contributed by atoms with E-state index in [1.807, 2.05) is 59.9 Å². The number of aromatic nitrogens is 3. The number of hydrogen-bond donors (Lipinski definition) is 0. The number of anilines is 1. The van der Waals surface area contributed by atoms with Crippen molar-refractivity contribution in [1.82, 2.24) is 14.4 Å². The molecule has 0 aliphatic heterocycles. The summed E-state index contributed by atoms with van der Waals surface area (Å²) in [7, 11) is 3.86. The van der Waals surface area contributed by atoms with Crippen molar-refractivity contribution in [2.24, 2.45) is 0 Å². The van der Waals surface area contributed by atoms with Crippen LogP contribution in [-0.4, -0.2) is 34.8 Å². The van der Waals surface area contributed by atoms with Crippen LogP contribution in [0.15, 0.2) is 42.7 Å². The maximum Gasteiger partial charge on any atom is 0.170 e. The highest BCUT2D eigenvalue weighted by Gasteiger charge is 2.14. The highest BCUT2D eigenvalue weighted by molar-refractivity contribution is 5.86. The van der Waals surface area contributed by atoms with Crippen LogP contribution in [0.25, 0.3) is 16.9 Å². The Bertz CT molecular complexity index is 776. The molecule has 0 unspecified atom stereocenters. The van der Waals surface area contributed by atoms with Crippen molar-refractivity contribution in [3.63, 3.8) is 0 Å². The number of carbonyl (C=O) groups excluding carboxylic acids is 1. The summed E-state index contributed by atoms with van der Waals surface area (Å²) < 4.78 is 1.92. The zero-order valence-electron chi connectivity index (χ0n) is 11.3. The van der Waals surface area contributed by atoms with E-state index in [0.717, 1.165) is 29.0 Å². The highest BCUT2D eigenvalue weighted by atomic mass is 16.1. The van der Waals surface area contributed by atoms with Gasteiger partial charge < -0.3 is 4.90 Å². The Kier molecular flexibility index (Phi) is 2.95. The van der Waals surface area contributed by atoms with Crippen molar-refractivity contribution >= 4 is 17.8 Å². The largest absolute Gasteiger partial charge is 0.363 e. The molecule has 0 atom stereocenters. The molecule has 0 amide bonds. The minimum absolute atomic E-state index is 0.437. The van der Waals surface area contributed by atoms with Crippen molar-refractivity contribution in [2.75, 3.05) is 19.0 Å². The normalized spacial score (nSPS) is 10.7. The molecule has 0 bridgehead atoms. The lowest BCUT2D eigenvalue weighted by Crippen LogP contribution is -2.10. The number of nitrogens with zero attached hydrogens (tertiary/aromatic N) is 4. The standard InChI is InChI=1S/C15H14N4O/c1-18(2)14-9-11(6-7-16-14)15-12(10-20)17-13-5-3-4-8-19(13)15/h3-10H,1-2H3. The van der Waals surface area contributed by atoms with Gasteiger partial charge in [0.2, 0.25) is 0 Å². The Morgan fingerprint density at radius 1 is 1.25 bits per heavy atom. The first-order valence-electron chi connectivity index (χ1n) is 6.26. The van der Waals surface area contributed by atoms with Crippen LogP contribution < -0.4 is 4.90 Å². The maximum absolute atomic E-state index is 11.3. The molecule has 0 radical (unpaired) electrons. The third-order valence-corrected chi connectivity index (χ3v) is 3.15. The fourth-order valence-electron chi connectivity index (χ4n) is 2.19. The van der Waals surface area contributed by atoms with E-state index in [-0.39, 0.29) is 0 Å². The minimum Gasteiger partial charge on any atom is -0.363 e. The van der Waals surface area contributed by atoms with E-state index in [4.69, 9.17) is 0 Å². The molecule has 0 saturated carbocycles. The van der Waals surface area contributed by atoms with Crippen molar-refractivity contribution in [1.29, 1.82) is 0 Å². The zero-order chi connectivity index (χ0) is 14.1. The van der Waals surface area contributed by atoms with Crippen LogP contribution in [0.1, 0.15) is 10.5 Å². The zero-order valence-corrected chi connectivity index (χ0v) is 11.3. The van der Waals surface area contributed by atoms with E-state index < -0.39 is 0 Å². The third-order valence-electron chi connectivity index (χ3n) is 3.15. The van der Waals surface area contributed by atoms with Gasteiger partial charge in [-0.3, -0.25) is 9.20 Å². The average molecular weight is 266 g/mol. The summed E-state index contributed by atoms with van der Waals surface area (Å²) in [6, 6.07) is 9.53. The van der Waals surface area contributed by atoms with Gasteiger partial charge in [-0.05, 0) is 24.3 Å². The van der Waals surface area contributed by atoms with Crippen molar-refractivity contribution < 1.29 is 4.79 Å². The van der Waals surface area contributed by atoms with Crippen LogP contribution in [0, 0.1) is 0 Å². The van der Waals surface area contributed by atoms with E-state index in [1.54, 1.807) is 6.20 Å². The van der Waals surface area contributed by atoms with Gasteiger partial charge in [-0.25, -0.2) is 9.97 Å². The summed E-state index contributed by atoms with van der Waals surface area (Å²) in [6.07, 6.45) is 4.43. The van der Waals surface area contributed by atoms with Crippen LogP contribution in [-0.2, 0) is 0 Å². The Morgan fingerprint density at radius 3 is 2.85 bits per heavy atom. The molecule has 0 N–H and O–H groups in total. The third kappa shape index (κ3) is 1.93. The molecule has 0 aromatic carbocycles. The smallest absolute Gasteiger partial charge is 0.170 e. The first kappa shape index (κ1) is 12.3. The second-order valence-corrected chi connectivity index (χ2v) is 4.69. The fourth-order valence-corrected chi connectivity index (χ4v) is 2.19. The first-order chi connectivity index (χ1) is 9.70. The Labute approximate surface area is 116 Å². The summed E-state index contributed by atoms with van der Waals surface area (Å²) in [6.45, 7) is 0. The molecule has 0 spiro atoms. The number of aldehydes is 1. The maximum atomic E-state index is 11.3. The molecular formula is C15H14N4O. The summed E-state index contributed by atoms with van der Waals surface area (Å²) in [4.78, 5) is 21.8. The summed E-state index contributed by atoms with van der Waals surface area (Å²) >= 11 is 0. The van der Waals surface area contributed by atoms with Crippen molar-refractivity contribution in [3.05, 3.63) is 48.4 Å². The molecule has 100 valence electrons. The number of imidazole rings is 1. The Morgan fingerprint density at radius 2 is 2.10 bits per heavy atom. The predicted molar refractivity (Wildman–Crippen MR) is 78.1 cm³/mol. The van der Waals surface area contributed by atoms with E-state index in [2.05, 4.69) is 9.97 Å². The number of fused-ring (bicyclic) bond motifs is 1. The Balaban J connectivity index is 2.28. The van der Waals surface area contributed by atoms with E-state index >= 15 is 0 Å². The molecule has 0 saturated heterocycles. The van der Waals surface area contributed by atoms with Crippen LogP contribution in [0.4, 0.5) is 5.82 Å². The molecule has 3 aromatic heterocycles. The molecule has 5 nitrogen and oxygen atoms in total. The van der Waals surface area contributed by atoms with Gasteiger partial charge in [-0.2, -0.15) is 0 Å². The van der Waals surface area contributed by atoms with Crippen LogP contribution in [0.5, 0.6) is 0 Å². The van der Waals surface area contributed by atoms with E-state index in [9.17, 15) is 4.79 Å². The van der Waals surface area contributed by atoms with Crippen molar-refractivity contribution in [3.8, 4) is 11.3 Å². The molecule has 3 heterocycles. The summed E-state index contributed by atoms with van der Waals surface area (Å²) in [5, 5.41) is 0. The molecule has 5 heteroatoms. The lowest BCUT2D eigenvalue weighted by Gasteiger charge is -2.12. The number of hydrogen-bond acceptors (Lipinski definition) is 4. The van der Waals surface area contributed by atoms with E-state index in [0.29, 0.717) is 5.69 Å². The van der Waals surface area contributed by atoms with Gasteiger partial charge in [0.05, 0.1) is 5.69 Å². The first-order valence-corrected chi connectivity index (χ1v) is 6.26. The second kappa shape index (κ2) is 4.77. The van der Waals surface area contributed by atoms with Gasteiger partial charge in [0.25, 0.3) is 0 Å². The van der Waals surface area contributed by atoms with E-state index in [1.165, 1.54) is 0 Å². The van der Waals surface area contributed by atoms with Crippen molar-refractivity contribution in [2.45, 2.75) is 0 Å². The van der Waals surface area contributed by atoms with Gasteiger partial charge in [0, 0.05) is 32.1 Å². The van der Waals surface area contributed by atoms with Crippen LogP contribution >= 0.6 is 0 Å². The topological polar surface area (TPSA) is 50.5 Å². The van der Waals surface area contributed by atoms with Gasteiger partial charge in [0.15, 0.2) is 6.29 Å². The monoisotopic (exact) mass is 266 g/mol. The molecule has 3 aromatic rings. The quantitative estimate of drug-likeness (QED) is 0.682. The summed E-state index contributed by atoms with van der Waals surface area (Å²) in [5.74, 6) is 0.838. The lowest BCUT2D eigenvalue weighted by atomic mass is 10.1. The number of carbonyl (C=O) groups is 1. The van der Waals surface area contributed by atoms with Gasteiger partial charge in [0.1, 0.15) is 17.2 Å². The highest BCUT2D eigenvalue weighted by Crippen LogP contribution is 2.26. The molecule has 0 fully saturated rings. The minimum atomic E-state index is 0.437. The second-order valence-electron chi connectivity index (χ2n) is 4.69. The lowest BCUT2D eigenvalue weighted by molar-refractivity contribution is 0.112. The van der Waals surface area contributed by atoms with Gasteiger partial charge in [-0.1, -0.05) is 6.07 Å². The predicted octanol–water partition coefficient (Wildman–Crippen LogP) is 2.27. The van der Waals surface area contributed by atoms with Crippen LogP contribution in [0.3, 0.4) is 0 Å². The number of pyridine rings is 2. The summed E-state index contributed by atoms with van der Waals surface area (Å²) in [5.41, 5.74) is 2.91.